The van der Waals surface area contributed by atoms with E-state index in [4.69, 9.17) is 9.47 Å². The lowest BCUT2D eigenvalue weighted by Crippen LogP contribution is -2.30. The number of carbonyl (C=O) groups is 1. The Morgan fingerprint density at radius 3 is 1.93 bits per heavy atom. The Bertz CT molecular complexity index is 884. The summed E-state index contributed by atoms with van der Waals surface area (Å²) in [6.07, 6.45) is 1.10. The van der Waals surface area contributed by atoms with Gasteiger partial charge in [0.1, 0.15) is 0 Å². The molecule has 0 unspecified atom stereocenters. The maximum absolute atomic E-state index is 13.1. The highest BCUT2D eigenvalue weighted by Crippen LogP contribution is 2.28. The number of benzene rings is 3. The van der Waals surface area contributed by atoms with Crippen LogP contribution in [0.2, 0.25) is 0 Å². The first kappa shape index (κ1) is 21.4. The Hall–Kier alpha value is -3.27. The van der Waals surface area contributed by atoms with E-state index in [1.807, 2.05) is 66.4 Å². The van der Waals surface area contributed by atoms with Crippen molar-refractivity contribution in [3.8, 4) is 11.5 Å². The molecule has 0 aliphatic carbocycles. The number of rotatable bonds is 10. The highest BCUT2D eigenvalue weighted by molar-refractivity contribution is 5.76. The third-order valence-electron chi connectivity index (χ3n) is 4.94. The van der Waals surface area contributed by atoms with Crippen molar-refractivity contribution in [1.29, 1.82) is 0 Å². The van der Waals surface area contributed by atoms with Gasteiger partial charge >= 0.3 is 0 Å². The molecule has 3 aromatic rings. The van der Waals surface area contributed by atoms with E-state index in [2.05, 4.69) is 24.3 Å². The molecule has 0 aliphatic heterocycles. The van der Waals surface area contributed by atoms with Crippen LogP contribution in [-0.2, 0) is 24.3 Å². The lowest BCUT2D eigenvalue weighted by atomic mass is 10.1. The lowest BCUT2D eigenvalue weighted by molar-refractivity contribution is -0.132. The lowest BCUT2D eigenvalue weighted by Gasteiger charge is -2.23. The van der Waals surface area contributed by atoms with Crippen LogP contribution in [0.15, 0.2) is 78.9 Å². The zero-order valence-corrected chi connectivity index (χ0v) is 17.7. The molecule has 0 atom stereocenters. The van der Waals surface area contributed by atoms with Crippen LogP contribution in [0.25, 0.3) is 0 Å². The molecular weight excluding hydrogens is 374 g/mol. The van der Waals surface area contributed by atoms with Gasteiger partial charge in [-0.2, -0.15) is 0 Å². The largest absolute Gasteiger partial charge is 0.493 e. The van der Waals surface area contributed by atoms with Gasteiger partial charge < -0.3 is 14.4 Å². The number of carbonyl (C=O) groups excluding carboxylic acids is 1. The third kappa shape index (κ3) is 6.11. The van der Waals surface area contributed by atoms with Crippen LogP contribution < -0.4 is 9.47 Å². The van der Waals surface area contributed by atoms with Crippen molar-refractivity contribution in [2.75, 3.05) is 13.7 Å². The summed E-state index contributed by atoms with van der Waals surface area (Å²) >= 11 is 0. The number of hydrogen-bond acceptors (Lipinski definition) is 3. The standard InChI is InChI=1S/C26H29NO3/c1-3-30-24-16-14-21(18-25(24)29-2)15-17-26(28)27(19-22-10-6-4-7-11-22)20-23-12-8-5-9-13-23/h4-14,16,18H,3,15,17,19-20H2,1-2H3. The monoisotopic (exact) mass is 403 g/mol. The van der Waals surface area contributed by atoms with E-state index in [1.54, 1.807) is 7.11 Å². The van der Waals surface area contributed by atoms with E-state index in [9.17, 15) is 4.79 Å². The van der Waals surface area contributed by atoms with E-state index in [1.165, 1.54) is 0 Å². The maximum Gasteiger partial charge on any atom is 0.223 e. The van der Waals surface area contributed by atoms with Crippen molar-refractivity contribution in [2.45, 2.75) is 32.9 Å². The van der Waals surface area contributed by atoms with Gasteiger partial charge in [0, 0.05) is 19.5 Å². The topological polar surface area (TPSA) is 38.8 Å². The van der Waals surface area contributed by atoms with Crippen molar-refractivity contribution < 1.29 is 14.3 Å². The predicted molar refractivity (Wildman–Crippen MR) is 120 cm³/mol. The minimum Gasteiger partial charge on any atom is -0.493 e. The van der Waals surface area contributed by atoms with Crippen LogP contribution in [0, 0.1) is 0 Å². The number of nitrogens with zero attached hydrogens (tertiary/aromatic N) is 1. The fourth-order valence-corrected chi connectivity index (χ4v) is 3.39. The van der Waals surface area contributed by atoms with Crippen LogP contribution in [0.5, 0.6) is 11.5 Å². The van der Waals surface area contributed by atoms with Crippen LogP contribution in [0.1, 0.15) is 30.0 Å². The smallest absolute Gasteiger partial charge is 0.223 e. The number of methoxy groups -OCH3 is 1. The van der Waals surface area contributed by atoms with Gasteiger partial charge in [-0.25, -0.2) is 0 Å². The number of amides is 1. The fraction of sp³-hybridized carbons (Fsp3) is 0.269. The predicted octanol–water partition coefficient (Wildman–Crippen LogP) is 5.26. The summed E-state index contributed by atoms with van der Waals surface area (Å²) < 4.78 is 11.0. The van der Waals surface area contributed by atoms with Gasteiger partial charge in [-0.15, -0.1) is 0 Å². The maximum atomic E-state index is 13.1. The van der Waals surface area contributed by atoms with Gasteiger partial charge in [-0.05, 0) is 42.2 Å². The van der Waals surface area contributed by atoms with E-state index in [0.29, 0.717) is 38.3 Å². The van der Waals surface area contributed by atoms with Gasteiger partial charge in [-0.3, -0.25) is 4.79 Å². The molecular formula is C26H29NO3. The van der Waals surface area contributed by atoms with E-state index >= 15 is 0 Å². The van der Waals surface area contributed by atoms with Crippen LogP contribution in [-0.4, -0.2) is 24.5 Å². The Morgan fingerprint density at radius 1 is 0.800 bits per heavy atom. The molecule has 0 fully saturated rings. The minimum atomic E-state index is 0.135. The first-order valence-corrected chi connectivity index (χ1v) is 10.3. The molecule has 3 aromatic carbocycles. The summed E-state index contributed by atoms with van der Waals surface area (Å²) in [6.45, 7) is 3.73. The second-order valence-corrected chi connectivity index (χ2v) is 7.14. The molecule has 0 N–H and O–H groups in total. The van der Waals surface area contributed by atoms with Gasteiger partial charge in [0.2, 0.25) is 5.91 Å². The average Bonchev–Trinajstić information content (AvgIpc) is 2.79. The molecule has 0 heterocycles. The van der Waals surface area contributed by atoms with Gasteiger partial charge in [-0.1, -0.05) is 66.7 Å². The molecule has 30 heavy (non-hydrogen) atoms. The molecule has 3 rings (SSSR count). The summed E-state index contributed by atoms with van der Waals surface area (Å²) in [5, 5.41) is 0. The third-order valence-corrected chi connectivity index (χ3v) is 4.94. The normalized spacial score (nSPS) is 10.5. The quantitative estimate of drug-likeness (QED) is 0.464. The molecule has 1 amide bonds. The number of aryl methyl sites for hydroxylation is 1. The Balaban J connectivity index is 1.69. The molecule has 0 aromatic heterocycles. The van der Waals surface area contributed by atoms with E-state index in [0.717, 1.165) is 22.4 Å². The molecule has 0 saturated heterocycles. The van der Waals surface area contributed by atoms with Crippen LogP contribution in [0.3, 0.4) is 0 Å². The summed E-state index contributed by atoms with van der Waals surface area (Å²) in [5.41, 5.74) is 3.32. The summed E-state index contributed by atoms with van der Waals surface area (Å²) in [7, 11) is 1.63. The van der Waals surface area contributed by atoms with E-state index < -0.39 is 0 Å². The van der Waals surface area contributed by atoms with Crippen molar-refractivity contribution in [1.82, 2.24) is 4.90 Å². The Labute approximate surface area is 179 Å². The SMILES string of the molecule is CCOc1ccc(CCC(=O)N(Cc2ccccc2)Cc2ccccc2)cc1OC. The first-order valence-electron chi connectivity index (χ1n) is 10.3. The zero-order chi connectivity index (χ0) is 21.2. The van der Waals surface area contributed by atoms with Crippen molar-refractivity contribution in [2.24, 2.45) is 0 Å². The Morgan fingerprint density at radius 2 is 1.40 bits per heavy atom. The molecule has 0 radical (unpaired) electrons. The van der Waals surface area contributed by atoms with E-state index in [-0.39, 0.29) is 5.91 Å². The first-order chi connectivity index (χ1) is 14.7. The molecule has 0 spiro atoms. The van der Waals surface area contributed by atoms with Crippen LogP contribution >= 0.6 is 0 Å². The average molecular weight is 404 g/mol. The molecule has 4 nitrogen and oxygen atoms in total. The fourth-order valence-electron chi connectivity index (χ4n) is 3.39. The van der Waals surface area contributed by atoms with Crippen molar-refractivity contribution in [3.63, 3.8) is 0 Å². The summed E-state index contributed by atoms with van der Waals surface area (Å²) in [6, 6.07) is 26.1. The highest BCUT2D eigenvalue weighted by Gasteiger charge is 2.15. The van der Waals surface area contributed by atoms with Crippen molar-refractivity contribution in [3.05, 3.63) is 95.6 Å². The van der Waals surface area contributed by atoms with Crippen LogP contribution in [0.4, 0.5) is 0 Å². The number of ether oxygens (including phenoxy) is 2. The minimum absolute atomic E-state index is 0.135. The zero-order valence-electron chi connectivity index (χ0n) is 17.7. The Kier molecular flexibility index (Phi) is 7.90. The van der Waals surface area contributed by atoms with Gasteiger partial charge in [0.25, 0.3) is 0 Å². The number of hydrogen-bond donors (Lipinski definition) is 0. The van der Waals surface area contributed by atoms with Crippen molar-refractivity contribution >= 4 is 5.91 Å². The van der Waals surface area contributed by atoms with Gasteiger partial charge in [0.15, 0.2) is 11.5 Å². The second kappa shape index (κ2) is 11.1. The molecule has 156 valence electrons. The summed E-state index contributed by atoms with van der Waals surface area (Å²) in [5.74, 6) is 1.56. The molecule has 0 saturated carbocycles. The molecule has 0 bridgehead atoms. The highest BCUT2D eigenvalue weighted by atomic mass is 16.5. The molecule has 0 aliphatic rings. The van der Waals surface area contributed by atoms with Gasteiger partial charge in [0.05, 0.1) is 13.7 Å². The summed E-state index contributed by atoms with van der Waals surface area (Å²) in [4.78, 5) is 15.0. The second-order valence-electron chi connectivity index (χ2n) is 7.14. The molecule has 4 heteroatoms.